The second-order valence-corrected chi connectivity index (χ2v) is 3.51. The van der Waals surface area contributed by atoms with Crippen molar-refractivity contribution in [1.29, 1.82) is 0 Å². The molecule has 0 aromatic heterocycles. The number of hydrogen-bond acceptors (Lipinski definition) is 5. The highest BCUT2D eigenvalue weighted by atomic mass is 31.1. The van der Waals surface area contributed by atoms with Gasteiger partial charge < -0.3 is 13.8 Å². The first-order valence-corrected chi connectivity index (χ1v) is 6.44. The summed E-state index contributed by atoms with van der Waals surface area (Å²) in [6.07, 6.45) is 3.49. The highest BCUT2D eigenvalue weighted by molar-refractivity contribution is 7.33. The molecule has 6 heteroatoms. The van der Waals surface area contributed by atoms with E-state index >= 15 is 0 Å². The summed E-state index contributed by atoms with van der Waals surface area (Å²) in [5, 5.41) is 0. The van der Waals surface area contributed by atoms with Crippen LogP contribution in [0.4, 0.5) is 0 Å². The van der Waals surface area contributed by atoms with Crippen molar-refractivity contribution in [3.05, 3.63) is 12.3 Å². The Bertz CT molecular complexity index is 207. The summed E-state index contributed by atoms with van der Waals surface area (Å²) in [6, 6.07) is 0. The van der Waals surface area contributed by atoms with Crippen LogP contribution in [0, 0.1) is 0 Å². The molecule has 0 radical (unpaired) electrons. The average molecular weight is 252 g/mol. The molecule has 16 heavy (non-hydrogen) atoms. The van der Waals surface area contributed by atoms with Gasteiger partial charge in [0.05, 0.1) is 19.5 Å². The molecule has 0 bridgehead atoms. The van der Waals surface area contributed by atoms with E-state index in [0.29, 0.717) is 19.6 Å². The predicted molar refractivity (Wildman–Crippen MR) is 63.5 cm³/mol. The van der Waals surface area contributed by atoms with E-state index in [-0.39, 0.29) is 5.97 Å². The standard InChI is InChI=1S/C6H10O2.C4H11O3P/c1-3-5-8-6(7)4-2;1-3-6-8(5)7-4-2/h3,5H,4H2,1-2H3;8H,3-4H2,1-2H3. The van der Waals surface area contributed by atoms with Crippen molar-refractivity contribution >= 4 is 14.2 Å². The number of esters is 1. The maximum absolute atomic E-state index is 10.4. The van der Waals surface area contributed by atoms with Gasteiger partial charge in [-0.25, -0.2) is 0 Å². The van der Waals surface area contributed by atoms with Crippen LogP contribution in [0.3, 0.4) is 0 Å². The predicted octanol–water partition coefficient (Wildman–Crippen LogP) is 2.92. The molecule has 5 nitrogen and oxygen atoms in total. The minimum Gasteiger partial charge on any atom is -0.435 e. The van der Waals surface area contributed by atoms with E-state index in [4.69, 9.17) is 0 Å². The van der Waals surface area contributed by atoms with E-state index in [1.54, 1.807) is 33.8 Å². The summed E-state index contributed by atoms with van der Waals surface area (Å²) in [4.78, 5) is 10.3. The van der Waals surface area contributed by atoms with E-state index < -0.39 is 8.25 Å². The van der Waals surface area contributed by atoms with Gasteiger partial charge >= 0.3 is 14.2 Å². The van der Waals surface area contributed by atoms with Crippen LogP contribution in [0.25, 0.3) is 0 Å². The van der Waals surface area contributed by atoms with Crippen LogP contribution < -0.4 is 0 Å². The fourth-order valence-corrected chi connectivity index (χ4v) is 1.06. The largest absolute Gasteiger partial charge is 0.435 e. The van der Waals surface area contributed by atoms with E-state index in [0.717, 1.165) is 0 Å². The number of rotatable bonds is 6. The van der Waals surface area contributed by atoms with Crippen molar-refractivity contribution in [1.82, 2.24) is 0 Å². The molecule has 0 heterocycles. The Morgan fingerprint density at radius 2 is 1.69 bits per heavy atom. The molecule has 0 saturated heterocycles. The molecule has 0 rings (SSSR count). The van der Waals surface area contributed by atoms with Gasteiger partial charge in [0.25, 0.3) is 0 Å². The minimum absolute atomic E-state index is 0.192. The summed E-state index contributed by atoms with van der Waals surface area (Å²) in [5.74, 6) is -0.192. The first kappa shape index (κ1) is 17.7. The zero-order valence-corrected chi connectivity index (χ0v) is 11.3. The van der Waals surface area contributed by atoms with Crippen LogP contribution in [-0.4, -0.2) is 19.2 Å². The van der Waals surface area contributed by atoms with E-state index in [9.17, 15) is 9.36 Å². The number of ether oxygens (including phenoxy) is 1. The second-order valence-electron chi connectivity index (χ2n) is 2.43. The second kappa shape index (κ2) is 14.4. The van der Waals surface area contributed by atoms with E-state index in [1.165, 1.54) is 6.26 Å². The molecule has 0 spiro atoms. The van der Waals surface area contributed by atoms with Crippen LogP contribution in [0.1, 0.15) is 34.1 Å². The Kier molecular flexibility index (Phi) is 15.9. The fourth-order valence-electron chi connectivity index (χ4n) is 0.505. The molecule has 0 atom stereocenters. The van der Waals surface area contributed by atoms with Crippen LogP contribution >= 0.6 is 8.25 Å². The van der Waals surface area contributed by atoms with Crippen molar-refractivity contribution in [2.45, 2.75) is 34.1 Å². The summed E-state index contributed by atoms with van der Waals surface area (Å²) in [6.45, 7) is 8.02. The molecule has 0 aliphatic heterocycles. The Hall–Kier alpha value is -0.640. The van der Waals surface area contributed by atoms with Crippen LogP contribution in [0.2, 0.25) is 0 Å². The van der Waals surface area contributed by atoms with Crippen LogP contribution in [-0.2, 0) is 23.1 Å². The minimum atomic E-state index is -2.14. The Morgan fingerprint density at radius 1 is 1.19 bits per heavy atom. The molecule has 0 aliphatic carbocycles. The molecule has 0 amide bonds. The molecular formula is C10H21O5P. The summed E-state index contributed by atoms with van der Waals surface area (Å²) in [5.41, 5.74) is 0. The maximum atomic E-state index is 10.4. The number of hydrogen-bond donors (Lipinski definition) is 0. The number of allylic oxidation sites excluding steroid dienone is 1. The van der Waals surface area contributed by atoms with Crippen LogP contribution in [0.15, 0.2) is 12.3 Å². The number of carbonyl (C=O) groups excluding carboxylic acids is 1. The van der Waals surface area contributed by atoms with Crippen molar-refractivity contribution in [2.75, 3.05) is 13.2 Å². The Balaban J connectivity index is 0. The SMILES string of the molecule is CC=COC(=O)CC.CCO[PH](=O)OCC. The van der Waals surface area contributed by atoms with Gasteiger partial charge in [-0.05, 0) is 20.8 Å². The molecule has 0 fully saturated rings. The molecule has 0 aliphatic rings. The van der Waals surface area contributed by atoms with Crippen molar-refractivity contribution in [2.24, 2.45) is 0 Å². The third-order valence-corrected chi connectivity index (χ3v) is 2.20. The van der Waals surface area contributed by atoms with Gasteiger partial charge in [0, 0.05) is 6.42 Å². The summed E-state index contributed by atoms with van der Waals surface area (Å²) < 4.78 is 24.1. The molecule has 0 unspecified atom stereocenters. The zero-order valence-electron chi connectivity index (χ0n) is 10.3. The quantitative estimate of drug-likeness (QED) is 0.413. The van der Waals surface area contributed by atoms with Crippen LogP contribution in [0.5, 0.6) is 0 Å². The summed E-state index contributed by atoms with van der Waals surface area (Å²) >= 11 is 0. The highest BCUT2D eigenvalue weighted by Gasteiger charge is 1.91. The van der Waals surface area contributed by atoms with Crippen molar-refractivity contribution in [3.63, 3.8) is 0 Å². The normalized spacial score (nSPS) is 10.1. The molecule has 0 aromatic rings. The molecule has 96 valence electrons. The van der Waals surface area contributed by atoms with Gasteiger partial charge in [-0.2, -0.15) is 0 Å². The van der Waals surface area contributed by atoms with Gasteiger partial charge in [0.15, 0.2) is 0 Å². The topological polar surface area (TPSA) is 61.8 Å². The third-order valence-electron chi connectivity index (χ3n) is 1.15. The van der Waals surface area contributed by atoms with Gasteiger partial charge in [-0.3, -0.25) is 9.36 Å². The molecule has 0 aromatic carbocycles. The lowest BCUT2D eigenvalue weighted by Gasteiger charge is -1.97. The van der Waals surface area contributed by atoms with Crippen molar-refractivity contribution in [3.8, 4) is 0 Å². The number of carbonyl (C=O) groups is 1. The fraction of sp³-hybridized carbons (Fsp3) is 0.700. The first-order valence-electron chi connectivity index (χ1n) is 5.22. The van der Waals surface area contributed by atoms with Gasteiger partial charge in [-0.15, -0.1) is 0 Å². The van der Waals surface area contributed by atoms with Gasteiger partial charge in [0.2, 0.25) is 0 Å². The molecule has 0 N–H and O–H groups in total. The van der Waals surface area contributed by atoms with E-state index in [1.807, 2.05) is 0 Å². The lowest BCUT2D eigenvalue weighted by atomic mass is 10.5. The van der Waals surface area contributed by atoms with Gasteiger partial charge in [0.1, 0.15) is 0 Å². The molecule has 0 saturated carbocycles. The smallest absolute Gasteiger partial charge is 0.319 e. The monoisotopic (exact) mass is 252 g/mol. The summed E-state index contributed by atoms with van der Waals surface area (Å²) in [7, 11) is -2.14. The van der Waals surface area contributed by atoms with E-state index in [2.05, 4.69) is 13.8 Å². The first-order chi connectivity index (χ1) is 7.62. The molecular weight excluding hydrogens is 231 g/mol. The zero-order chi connectivity index (χ0) is 12.8. The lowest BCUT2D eigenvalue weighted by molar-refractivity contribution is -0.137. The average Bonchev–Trinajstić information content (AvgIpc) is 2.27. The Labute approximate surface area is 97.7 Å². The lowest BCUT2D eigenvalue weighted by Crippen LogP contribution is -1.94. The third kappa shape index (κ3) is 15.8. The van der Waals surface area contributed by atoms with Crippen molar-refractivity contribution < 1.29 is 23.1 Å². The Morgan fingerprint density at radius 3 is 2.00 bits per heavy atom. The van der Waals surface area contributed by atoms with Gasteiger partial charge in [-0.1, -0.05) is 13.0 Å². The maximum Gasteiger partial charge on any atom is 0.319 e. The highest BCUT2D eigenvalue weighted by Crippen LogP contribution is 2.21.